The van der Waals surface area contributed by atoms with Gasteiger partial charge in [-0.1, -0.05) is 63.2 Å². The van der Waals surface area contributed by atoms with Crippen LogP contribution in [0.2, 0.25) is 18.1 Å². The Kier molecular flexibility index (Phi) is 7.81. The maximum Gasteiger partial charge on any atom is 0.233 e. The van der Waals surface area contributed by atoms with Crippen LogP contribution in [-0.2, 0) is 9.22 Å². The molecular formula is C31H40N2O3Si. The number of carbonyl (C=O) groups is 1. The number of carbonyl (C=O) groups excluding carboxylic acids is 1. The predicted octanol–water partition coefficient (Wildman–Crippen LogP) is 7.52. The molecule has 6 heteroatoms. The summed E-state index contributed by atoms with van der Waals surface area (Å²) < 4.78 is 12.3. The Hall–Kier alpha value is -3.09. The highest BCUT2D eigenvalue weighted by Gasteiger charge is 2.49. The molecule has 0 radical (unpaired) electrons. The molecule has 196 valence electrons. The molecule has 1 heterocycles. The lowest BCUT2D eigenvalue weighted by Crippen LogP contribution is -2.55. The van der Waals surface area contributed by atoms with Gasteiger partial charge in [-0.15, -0.1) is 0 Å². The zero-order valence-electron chi connectivity index (χ0n) is 22.9. The molecule has 0 saturated carbocycles. The summed E-state index contributed by atoms with van der Waals surface area (Å²) in [5.74, 6) is 0.821. The number of methoxy groups -OCH3 is 1. The first-order chi connectivity index (χ1) is 17.5. The second kappa shape index (κ2) is 10.7. The fraction of sp³-hybridized carbons (Fsp3) is 0.387. The van der Waals surface area contributed by atoms with Crippen molar-refractivity contribution in [3.05, 3.63) is 90.0 Å². The van der Waals surface area contributed by atoms with Gasteiger partial charge in [0.1, 0.15) is 5.75 Å². The number of hydrogen-bond donors (Lipinski definition) is 1. The van der Waals surface area contributed by atoms with Gasteiger partial charge in [-0.2, -0.15) is 0 Å². The standard InChI is InChI=1S/C31H40N2O3Si/c1-31(2,3)37(5,6)36-28(22-10-8-7-9-11-22)21-20-27-29(23-12-18-26(35-4)19-13-23)33(30(27)34)25-16-14-24(32)15-17-25/h7-19,27-29H,20-21,32H2,1-6H3/t27?,28-,29?/m0/s1. The average Bonchev–Trinajstić information content (AvgIpc) is 2.87. The highest BCUT2D eigenvalue weighted by molar-refractivity contribution is 6.74. The zero-order valence-corrected chi connectivity index (χ0v) is 23.9. The average molecular weight is 517 g/mol. The summed E-state index contributed by atoms with van der Waals surface area (Å²) >= 11 is 0. The number of hydrogen-bond acceptors (Lipinski definition) is 4. The van der Waals surface area contributed by atoms with Crippen molar-refractivity contribution in [2.45, 2.75) is 63.9 Å². The number of rotatable bonds is 9. The van der Waals surface area contributed by atoms with Crippen LogP contribution in [0.1, 0.15) is 56.9 Å². The van der Waals surface area contributed by atoms with E-state index >= 15 is 0 Å². The lowest BCUT2D eigenvalue weighted by atomic mass is 9.78. The SMILES string of the molecule is COc1ccc(C2C(CC[C@H](O[Si](C)(C)C(C)(C)C)c3ccccc3)C(=O)N2c2ccc(N)cc2)cc1. The molecule has 2 N–H and O–H groups in total. The van der Waals surface area contributed by atoms with Gasteiger partial charge >= 0.3 is 0 Å². The maximum atomic E-state index is 13.6. The summed E-state index contributed by atoms with van der Waals surface area (Å²) in [7, 11) is -0.352. The molecule has 1 amide bonds. The molecule has 1 fully saturated rings. The van der Waals surface area contributed by atoms with Crippen molar-refractivity contribution in [3.63, 3.8) is 0 Å². The van der Waals surface area contributed by atoms with Gasteiger partial charge in [0.2, 0.25) is 5.91 Å². The van der Waals surface area contributed by atoms with Gasteiger partial charge in [0.05, 0.1) is 25.2 Å². The van der Waals surface area contributed by atoms with E-state index in [0.717, 1.165) is 29.8 Å². The van der Waals surface area contributed by atoms with E-state index in [2.05, 4.69) is 70.3 Å². The Bertz CT molecular complexity index is 1190. The van der Waals surface area contributed by atoms with Crippen LogP contribution in [0.3, 0.4) is 0 Å². The molecule has 0 aromatic heterocycles. The molecule has 0 spiro atoms. The second-order valence-corrected chi connectivity index (χ2v) is 16.2. The summed E-state index contributed by atoms with van der Waals surface area (Å²) in [5.41, 5.74) is 9.74. The van der Waals surface area contributed by atoms with Gasteiger partial charge in [-0.05, 0) is 78.5 Å². The summed E-state index contributed by atoms with van der Waals surface area (Å²) in [6.07, 6.45) is 1.49. The van der Waals surface area contributed by atoms with Crippen LogP contribution in [0.5, 0.6) is 5.75 Å². The molecule has 0 aliphatic carbocycles. The Morgan fingerprint density at radius 1 is 0.946 bits per heavy atom. The molecule has 2 unspecified atom stereocenters. The van der Waals surface area contributed by atoms with E-state index in [1.54, 1.807) is 7.11 Å². The molecule has 1 aliphatic rings. The van der Waals surface area contributed by atoms with Crippen LogP contribution in [0.15, 0.2) is 78.9 Å². The summed E-state index contributed by atoms with van der Waals surface area (Å²) in [6, 6.07) is 26.0. The van der Waals surface area contributed by atoms with Crippen molar-refractivity contribution in [1.29, 1.82) is 0 Å². The van der Waals surface area contributed by atoms with E-state index in [1.807, 2.05) is 47.4 Å². The van der Waals surface area contributed by atoms with Crippen LogP contribution in [0.4, 0.5) is 11.4 Å². The lowest BCUT2D eigenvalue weighted by molar-refractivity contribution is -0.131. The molecule has 3 aromatic carbocycles. The van der Waals surface area contributed by atoms with Gasteiger partial charge in [0.25, 0.3) is 0 Å². The highest BCUT2D eigenvalue weighted by atomic mass is 28.4. The minimum Gasteiger partial charge on any atom is -0.497 e. The fourth-order valence-electron chi connectivity index (χ4n) is 4.76. The third-order valence-electron chi connectivity index (χ3n) is 8.00. The van der Waals surface area contributed by atoms with Crippen molar-refractivity contribution >= 4 is 25.6 Å². The van der Waals surface area contributed by atoms with Gasteiger partial charge < -0.3 is 19.8 Å². The number of benzene rings is 3. The highest BCUT2D eigenvalue weighted by Crippen LogP contribution is 2.48. The van der Waals surface area contributed by atoms with Crippen LogP contribution in [0.25, 0.3) is 0 Å². The van der Waals surface area contributed by atoms with Crippen molar-refractivity contribution < 1.29 is 14.0 Å². The van der Waals surface area contributed by atoms with Crippen molar-refractivity contribution in [1.82, 2.24) is 0 Å². The van der Waals surface area contributed by atoms with Crippen LogP contribution < -0.4 is 15.4 Å². The van der Waals surface area contributed by atoms with Crippen molar-refractivity contribution in [2.24, 2.45) is 5.92 Å². The normalized spacial score (nSPS) is 18.9. The Morgan fingerprint density at radius 2 is 1.57 bits per heavy atom. The van der Waals surface area contributed by atoms with E-state index in [9.17, 15) is 4.79 Å². The minimum atomic E-state index is -2.02. The molecule has 3 aromatic rings. The molecule has 5 nitrogen and oxygen atoms in total. The van der Waals surface area contributed by atoms with Gasteiger partial charge in [0, 0.05) is 11.4 Å². The van der Waals surface area contributed by atoms with Crippen LogP contribution in [0, 0.1) is 5.92 Å². The number of nitrogens with two attached hydrogens (primary N) is 1. The first-order valence-electron chi connectivity index (χ1n) is 13.1. The van der Waals surface area contributed by atoms with E-state index in [0.29, 0.717) is 5.69 Å². The number of β-lactam (4-membered cyclic amide) rings is 1. The minimum absolute atomic E-state index is 0.0445. The molecule has 0 bridgehead atoms. The maximum absolute atomic E-state index is 13.6. The largest absolute Gasteiger partial charge is 0.497 e. The topological polar surface area (TPSA) is 64.8 Å². The van der Waals surface area contributed by atoms with Crippen LogP contribution in [-0.4, -0.2) is 21.3 Å². The summed E-state index contributed by atoms with van der Waals surface area (Å²) in [6.45, 7) is 11.4. The fourth-order valence-corrected chi connectivity index (χ4v) is 6.08. The number of nitrogen functional groups attached to an aromatic ring is 1. The molecule has 4 rings (SSSR count). The van der Waals surface area contributed by atoms with Gasteiger partial charge in [0.15, 0.2) is 8.32 Å². The molecule has 37 heavy (non-hydrogen) atoms. The summed E-state index contributed by atoms with van der Waals surface area (Å²) in [4.78, 5) is 15.5. The van der Waals surface area contributed by atoms with Crippen molar-refractivity contribution in [2.75, 3.05) is 17.7 Å². The first-order valence-corrected chi connectivity index (χ1v) is 16.0. The zero-order chi connectivity index (χ0) is 26.8. The predicted molar refractivity (Wildman–Crippen MR) is 154 cm³/mol. The quantitative estimate of drug-likeness (QED) is 0.181. The molecule has 1 aliphatic heterocycles. The third-order valence-corrected chi connectivity index (χ3v) is 12.5. The van der Waals surface area contributed by atoms with Gasteiger partial charge in [-0.3, -0.25) is 4.79 Å². The summed E-state index contributed by atoms with van der Waals surface area (Å²) in [5, 5.41) is 0.101. The number of nitrogens with zero attached hydrogens (tertiary/aromatic N) is 1. The Morgan fingerprint density at radius 3 is 2.14 bits per heavy atom. The van der Waals surface area contributed by atoms with E-state index < -0.39 is 8.32 Å². The van der Waals surface area contributed by atoms with Crippen molar-refractivity contribution in [3.8, 4) is 5.75 Å². The number of ether oxygens (including phenoxy) is 1. The number of amides is 1. The molecule has 3 atom stereocenters. The lowest BCUT2D eigenvalue weighted by Gasteiger charge is -2.48. The van der Waals surface area contributed by atoms with Crippen LogP contribution >= 0.6 is 0 Å². The third kappa shape index (κ3) is 5.75. The van der Waals surface area contributed by atoms with Gasteiger partial charge in [-0.25, -0.2) is 0 Å². The first kappa shape index (κ1) is 27.0. The van der Waals surface area contributed by atoms with E-state index in [4.69, 9.17) is 14.9 Å². The number of anilines is 2. The van der Waals surface area contributed by atoms with E-state index in [-0.39, 0.29) is 29.0 Å². The molecule has 1 saturated heterocycles. The monoisotopic (exact) mass is 516 g/mol. The smallest absolute Gasteiger partial charge is 0.233 e. The van der Waals surface area contributed by atoms with E-state index in [1.165, 1.54) is 5.56 Å². The molecular weight excluding hydrogens is 476 g/mol. The second-order valence-electron chi connectivity index (χ2n) is 11.5. The Labute approximate surface area is 222 Å². The Balaban J connectivity index is 1.61.